The summed E-state index contributed by atoms with van der Waals surface area (Å²) < 4.78 is 5.68. The van der Waals surface area contributed by atoms with E-state index in [0.29, 0.717) is 35.9 Å². The van der Waals surface area contributed by atoms with Gasteiger partial charge in [-0.2, -0.15) is 11.8 Å². The van der Waals surface area contributed by atoms with E-state index in [1.54, 1.807) is 0 Å². The molecule has 3 nitrogen and oxygen atoms in total. The van der Waals surface area contributed by atoms with Gasteiger partial charge >= 0.3 is 0 Å². The molecule has 140 valence electrons. The van der Waals surface area contributed by atoms with Gasteiger partial charge in [-0.3, -0.25) is 9.59 Å². The molecule has 0 N–H and O–H groups in total. The van der Waals surface area contributed by atoms with Crippen LogP contribution >= 0.6 is 11.8 Å². The maximum atomic E-state index is 13.5. The zero-order valence-electron chi connectivity index (χ0n) is 15.9. The summed E-state index contributed by atoms with van der Waals surface area (Å²) in [5.41, 5.74) is -0.262. The van der Waals surface area contributed by atoms with E-state index >= 15 is 0 Å². The second kappa shape index (κ2) is 6.00. The first-order valence-corrected chi connectivity index (χ1v) is 11.5. The van der Waals surface area contributed by atoms with E-state index in [2.05, 4.69) is 20.1 Å². The largest absolute Gasteiger partial charge is 0.461 e. The van der Waals surface area contributed by atoms with Crippen molar-refractivity contribution in [3.05, 3.63) is 0 Å². The number of thioether (sulfide) groups is 1. The third kappa shape index (κ3) is 2.31. The predicted octanol–water partition coefficient (Wildman–Crippen LogP) is 4.48. The van der Waals surface area contributed by atoms with Crippen LogP contribution in [-0.2, 0) is 14.3 Å². The highest BCUT2D eigenvalue weighted by molar-refractivity contribution is 7.98. The van der Waals surface area contributed by atoms with Crippen molar-refractivity contribution < 1.29 is 14.3 Å². The number of rotatable bonds is 4. The number of hydrogen-bond donors (Lipinski definition) is 0. The Balaban J connectivity index is 1.71. The van der Waals surface area contributed by atoms with Gasteiger partial charge in [0, 0.05) is 23.0 Å². The molecule has 0 aromatic heterocycles. The van der Waals surface area contributed by atoms with Crippen molar-refractivity contribution in [2.45, 2.75) is 70.8 Å². The Morgan fingerprint density at radius 1 is 1.16 bits per heavy atom. The minimum atomic E-state index is -0.339. The zero-order valence-corrected chi connectivity index (χ0v) is 16.7. The highest BCUT2D eigenvalue weighted by Crippen LogP contribution is 2.70. The summed E-state index contributed by atoms with van der Waals surface area (Å²) in [5.74, 6) is 3.38. The van der Waals surface area contributed by atoms with Crippen molar-refractivity contribution in [1.29, 1.82) is 0 Å². The quantitative estimate of drug-likeness (QED) is 0.690. The molecule has 5 fully saturated rings. The van der Waals surface area contributed by atoms with Gasteiger partial charge in [0.15, 0.2) is 0 Å². The molecule has 0 aromatic carbocycles. The van der Waals surface area contributed by atoms with Crippen LogP contribution in [-0.4, -0.2) is 29.9 Å². The third-order valence-electron chi connectivity index (χ3n) is 8.82. The number of carbonyl (C=O) groups excluding carboxylic acids is 2. The number of hydrogen-bond acceptors (Lipinski definition) is 4. The number of ether oxygens (including phenoxy) is 1. The SMILES string of the molecule is CSC[C@@H]1C(=O)[C@]23CC[C@H]1C[C@H]2[C@]1(C)CCC[C@@](C)(OC=O)[C@H]1CC3. The molecule has 0 radical (unpaired) electrons. The lowest BCUT2D eigenvalue weighted by molar-refractivity contribution is -0.215. The van der Waals surface area contributed by atoms with Crippen molar-refractivity contribution >= 4 is 24.0 Å². The maximum absolute atomic E-state index is 13.5. The smallest absolute Gasteiger partial charge is 0.293 e. The minimum absolute atomic E-state index is 0.0696. The van der Waals surface area contributed by atoms with Crippen LogP contribution in [0.1, 0.15) is 65.2 Å². The van der Waals surface area contributed by atoms with Gasteiger partial charge in [0.25, 0.3) is 6.47 Å². The molecule has 0 saturated heterocycles. The number of ketones is 1. The van der Waals surface area contributed by atoms with Crippen LogP contribution in [0.15, 0.2) is 0 Å². The van der Waals surface area contributed by atoms with Crippen LogP contribution in [0.5, 0.6) is 0 Å². The minimum Gasteiger partial charge on any atom is -0.461 e. The number of Topliss-reactive ketones (excluding diaryl/α,β-unsaturated/α-hetero) is 1. The molecule has 0 aromatic rings. The Hall–Kier alpha value is -0.510. The summed E-state index contributed by atoms with van der Waals surface area (Å²) in [5, 5.41) is 0. The van der Waals surface area contributed by atoms with E-state index < -0.39 is 0 Å². The van der Waals surface area contributed by atoms with Crippen molar-refractivity contribution in [1.82, 2.24) is 0 Å². The molecule has 5 aliphatic rings. The second-order valence-corrected chi connectivity index (χ2v) is 10.6. The monoisotopic (exact) mass is 364 g/mol. The van der Waals surface area contributed by atoms with Gasteiger partial charge in [-0.15, -0.1) is 0 Å². The lowest BCUT2D eigenvalue weighted by Crippen LogP contribution is -2.66. The first-order valence-electron chi connectivity index (χ1n) is 10.1. The fourth-order valence-corrected chi connectivity index (χ4v) is 8.58. The topological polar surface area (TPSA) is 43.4 Å². The molecule has 0 amide bonds. The van der Waals surface area contributed by atoms with Crippen LogP contribution < -0.4 is 0 Å². The molecule has 5 aliphatic carbocycles. The highest BCUT2D eigenvalue weighted by atomic mass is 32.2. The van der Waals surface area contributed by atoms with Gasteiger partial charge < -0.3 is 4.74 Å². The van der Waals surface area contributed by atoms with Crippen molar-refractivity contribution in [3.8, 4) is 0 Å². The van der Waals surface area contributed by atoms with Gasteiger partial charge in [0.1, 0.15) is 11.4 Å². The molecule has 0 aliphatic heterocycles. The Morgan fingerprint density at radius 2 is 1.92 bits per heavy atom. The van der Waals surface area contributed by atoms with E-state index in [1.807, 2.05) is 11.8 Å². The fraction of sp³-hybridized carbons (Fsp3) is 0.905. The Kier molecular flexibility index (Phi) is 4.29. The van der Waals surface area contributed by atoms with E-state index in [4.69, 9.17) is 4.74 Å². The van der Waals surface area contributed by atoms with Gasteiger partial charge in [-0.25, -0.2) is 0 Å². The van der Waals surface area contributed by atoms with E-state index in [-0.39, 0.29) is 16.4 Å². The normalized spacial score (nSPS) is 51.6. The van der Waals surface area contributed by atoms with Gasteiger partial charge in [0.05, 0.1) is 0 Å². The Labute approximate surface area is 156 Å². The first-order chi connectivity index (χ1) is 11.9. The Bertz CT molecular complexity index is 577. The van der Waals surface area contributed by atoms with Gasteiger partial charge in [-0.05, 0) is 81.8 Å². The average molecular weight is 365 g/mol. The van der Waals surface area contributed by atoms with Gasteiger partial charge in [0.2, 0.25) is 0 Å². The molecule has 4 heteroatoms. The number of carbonyl (C=O) groups is 2. The molecule has 0 unspecified atom stereocenters. The fourth-order valence-electron chi connectivity index (χ4n) is 7.79. The number of fused-ring (bicyclic) bond motifs is 3. The van der Waals surface area contributed by atoms with Crippen LogP contribution in [0.2, 0.25) is 0 Å². The predicted molar refractivity (Wildman–Crippen MR) is 100 cm³/mol. The Morgan fingerprint density at radius 3 is 2.64 bits per heavy atom. The van der Waals surface area contributed by atoms with Gasteiger partial charge in [-0.1, -0.05) is 6.92 Å². The molecule has 5 rings (SSSR count). The first kappa shape index (κ1) is 17.9. The highest BCUT2D eigenvalue weighted by Gasteiger charge is 2.68. The summed E-state index contributed by atoms with van der Waals surface area (Å²) in [6.07, 6.45) is 11.0. The summed E-state index contributed by atoms with van der Waals surface area (Å²) in [6.45, 7) is 5.22. The summed E-state index contributed by atoms with van der Waals surface area (Å²) in [4.78, 5) is 24.7. The average Bonchev–Trinajstić information content (AvgIpc) is 2.58. The van der Waals surface area contributed by atoms with Crippen LogP contribution in [0, 0.1) is 34.5 Å². The molecule has 5 saturated carbocycles. The zero-order chi connectivity index (χ0) is 17.9. The summed E-state index contributed by atoms with van der Waals surface area (Å²) in [6, 6.07) is 0. The van der Waals surface area contributed by atoms with Crippen LogP contribution in [0.25, 0.3) is 0 Å². The van der Waals surface area contributed by atoms with Crippen molar-refractivity contribution in [3.63, 3.8) is 0 Å². The van der Waals surface area contributed by atoms with Crippen LogP contribution in [0.3, 0.4) is 0 Å². The lowest BCUT2D eigenvalue weighted by atomic mass is 9.37. The lowest BCUT2D eigenvalue weighted by Gasteiger charge is -2.67. The summed E-state index contributed by atoms with van der Waals surface area (Å²) in [7, 11) is 0. The molecule has 1 spiro atoms. The van der Waals surface area contributed by atoms with Crippen molar-refractivity contribution in [2.24, 2.45) is 34.5 Å². The van der Waals surface area contributed by atoms with Crippen molar-refractivity contribution in [2.75, 3.05) is 12.0 Å². The third-order valence-corrected chi connectivity index (χ3v) is 9.52. The summed E-state index contributed by atoms with van der Waals surface area (Å²) >= 11 is 1.84. The van der Waals surface area contributed by atoms with E-state index in [0.717, 1.165) is 37.9 Å². The van der Waals surface area contributed by atoms with E-state index in [9.17, 15) is 9.59 Å². The molecule has 7 atom stereocenters. The molecular formula is C21H32O3S. The van der Waals surface area contributed by atoms with Crippen LogP contribution in [0.4, 0.5) is 0 Å². The molecular weight excluding hydrogens is 332 g/mol. The molecule has 2 bridgehead atoms. The standard InChI is InChI=1S/C21H32O3S/c1-19-7-4-8-20(2,24-13-22)16(19)6-10-21-9-5-14(11-17(19)21)15(12-25-3)18(21)23/h13-17H,4-12H2,1-3H3/t14-,15-,16-,17-,19+,20+,21-/m0/s1. The molecule has 0 heterocycles. The molecule has 25 heavy (non-hydrogen) atoms. The second-order valence-electron chi connectivity index (χ2n) is 9.65. The van der Waals surface area contributed by atoms with E-state index in [1.165, 1.54) is 19.3 Å². The maximum Gasteiger partial charge on any atom is 0.293 e.